The predicted molar refractivity (Wildman–Crippen MR) is 130 cm³/mol. The lowest BCUT2D eigenvalue weighted by atomic mass is 10.2. The molecule has 1 aromatic carbocycles. The standard InChI is InChI=1S/C22H34N8O3/c1-4-10-25-20-28-21(26-16(2)3)30-22(29-20)27-18-7-5-17(6-8-18)19(31)24-11-13-33-15-14-32-12-9-23/h4-8,16H,1,9-15,23H2,2-3H3,(H,24,31)(H3,25,26,27,28,29,30). The zero-order valence-electron chi connectivity index (χ0n) is 19.3. The average molecular weight is 459 g/mol. The van der Waals surface area contributed by atoms with Crippen LogP contribution in [0, 0.1) is 0 Å². The maximum atomic E-state index is 12.3. The monoisotopic (exact) mass is 458 g/mol. The van der Waals surface area contributed by atoms with Gasteiger partial charge in [-0.15, -0.1) is 6.58 Å². The molecule has 0 saturated carbocycles. The van der Waals surface area contributed by atoms with Gasteiger partial charge in [-0.25, -0.2) is 0 Å². The minimum atomic E-state index is -0.177. The van der Waals surface area contributed by atoms with Crippen LogP contribution in [0.15, 0.2) is 36.9 Å². The summed E-state index contributed by atoms with van der Waals surface area (Å²) in [7, 11) is 0. The summed E-state index contributed by atoms with van der Waals surface area (Å²) in [5, 5.41) is 12.2. The summed E-state index contributed by atoms with van der Waals surface area (Å²) in [5.41, 5.74) is 6.62. The van der Waals surface area contributed by atoms with Crippen molar-refractivity contribution in [2.75, 3.05) is 62.0 Å². The molecular weight excluding hydrogens is 424 g/mol. The van der Waals surface area contributed by atoms with Gasteiger partial charge in [-0.2, -0.15) is 15.0 Å². The van der Waals surface area contributed by atoms with Crippen LogP contribution in [-0.4, -0.2) is 73.0 Å². The highest BCUT2D eigenvalue weighted by atomic mass is 16.5. The Hall–Kier alpha value is -3.28. The summed E-state index contributed by atoms with van der Waals surface area (Å²) in [6.45, 7) is 11.0. The van der Waals surface area contributed by atoms with Gasteiger partial charge in [-0.3, -0.25) is 4.79 Å². The summed E-state index contributed by atoms with van der Waals surface area (Å²) in [6.07, 6.45) is 1.72. The van der Waals surface area contributed by atoms with E-state index in [1.54, 1.807) is 30.3 Å². The number of anilines is 4. The molecule has 0 aliphatic heterocycles. The number of hydrogen-bond acceptors (Lipinski definition) is 10. The van der Waals surface area contributed by atoms with Gasteiger partial charge in [0.15, 0.2) is 0 Å². The van der Waals surface area contributed by atoms with E-state index in [9.17, 15) is 4.79 Å². The number of aromatic nitrogens is 3. The largest absolute Gasteiger partial charge is 0.378 e. The third-order valence-corrected chi connectivity index (χ3v) is 4.03. The zero-order chi connectivity index (χ0) is 23.9. The Balaban J connectivity index is 1.87. The van der Waals surface area contributed by atoms with Crippen molar-refractivity contribution < 1.29 is 14.3 Å². The lowest BCUT2D eigenvalue weighted by Gasteiger charge is -2.12. The van der Waals surface area contributed by atoms with Crippen LogP contribution in [0.2, 0.25) is 0 Å². The van der Waals surface area contributed by atoms with Crippen molar-refractivity contribution in [3.05, 3.63) is 42.5 Å². The van der Waals surface area contributed by atoms with Crippen molar-refractivity contribution in [2.24, 2.45) is 5.73 Å². The molecule has 2 rings (SSSR count). The van der Waals surface area contributed by atoms with Gasteiger partial charge >= 0.3 is 0 Å². The van der Waals surface area contributed by atoms with Crippen molar-refractivity contribution in [1.82, 2.24) is 20.3 Å². The molecule has 0 atom stereocenters. The second kappa shape index (κ2) is 14.7. The zero-order valence-corrected chi connectivity index (χ0v) is 19.3. The smallest absolute Gasteiger partial charge is 0.251 e. The van der Waals surface area contributed by atoms with E-state index in [0.717, 1.165) is 5.69 Å². The molecule has 180 valence electrons. The van der Waals surface area contributed by atoms with E-state index in [1.165, 1.54) is 0 Å². The Morgan fingerprint density at radius 2 is 1.70 bits per heavy atom. The number of nitrogens with one attached hydrogen (secondary N) is 4. The Morgan fingerprint density at radius 3 is 2.36 bits per heavy atom. The molecule has 1 aromatic heterocycles. The van der Waals surface area contributed by atoms with E-state index >= 15 is 0 Å². The van der Waals surface area contributed by atoms with Gasteiger partial charge in [-0.1, -0.05) is 6.08 Å². The maximum absolute atomic E-state index is 12.3. The molecular formula is C22H34N8O3. The fraction of sp³-hybridized carbons (Fsp3) is 0.455. The molecule has 0 bridgehead atoms. The number of amides is 1. The Kier molecular flexibility index (Phi) is 11.6. The first-order valence-corrected chi connectivity index (χ1v) is 10.9. The van der Waals surface area contributed by atoms with Gasteiger partial charge in [0, 0.05) is 36.9 Å². The molecule has 0 spiro atoms. The number of carbonyl (C=O) groups excluding carboxylic acids is 1. The van der Waals surface area contributed by atoms with Crippen molar-refractivity contribution >= 4 is 29.4 Å². The molecule has 2 aromatic rings. The fourth-order valence-corrected chi connectivity index (χ4v) is 2.58. The lowest BCUT2D eigenvalue weighted by molar-refractivity contribution is 0.0511. The van der Waals surface area contributed by atoms with E-state index in [2.05, 4.69) is 42.8 Å². The van der Waals surface area contributed by atoms with Crippen molar-refractivity contribution in [2.45, 2.75) is 19.9 Å². The highest BCUT2D eigenvalue weighted by Gasteiger charge is 2.09. The summed E-state index contributed by atoms with van der Waals surface area (Å²) < 4.78 is 10.6. The summed E-state index contributed by atoms with van der Waals surface area (Å²) in [4.78, 5) is 25.4. The van der Waals surface area contributed by atoms with Crippen LogP contribution in [-0.2, 0) is 9.47 Å². The highest BCUT2D eigenvalue weighted by Crippen LogP contribution is 2.17. The van der Waals surface area contributed by atoms with Crippen LogP contribution in [0.25, 0.3) is 0 Å². The van der Waals surface area contributed by atoms with Gasteiger partial charge in [0.1, 0.15) is 0 Å². The van der Waals surface area contributed by atoms with E-state index < -0.39 is 0 Å². The summed E-state index contributed by atoms with van der Waals surface area (Å²) >= 11 is 0. The quantitative estimate of drug-likeness (QED) is 0.186. The molecule has 6 N–H and O–H groups in total. The SMILES string of the molecule is C=CCNc1nc(Nc2ccc(C(=O)NCCOCCOCCN)cc2)nc(NC(C)C)n1. The Morgan fingerprint density at radius 1 is 1.03 bits per heavy atom. The van der Waals surface area contributed by atoms with E-state index in [-0.39, 0.29) is 11.9 Å². The minimum Gasteiger partial charge on any atom is -0.378 e. The van der Waals surface area contributed by atoms with E-state index in [4.69, 9.17) is 15.2 Å². The van der Waals surface area contributed by atoms with Gasteiger partial charge in [0.05, 0.1) is 26.4 Å². The Labute approximate surface area is 194 Å². The normalized spacial score (nSPS) is 10.7. The first-order chi connectivity index (χ1) is 16.0. The molecule has 0 aliphatic carbocycles. The minimum absolute atomic E-state index is 0.167. The summed E-state index contributed by atoms with van der Waals surface area (Å²) in [6, 6.07) is 7.20. The number of nitrogens with two attached hydrogens (primary N) is 1. The molecule has 11 nitrogen and oxygen atoms in total. The van der Waals surface area contributed by atoms with Crippen LogP contribution in [0.5, 0.6) is 0 Å². The van der Waals surface area contributed by atoms with Crippen LogP contribution < -0.4 is 27.0 Å². The molecule has 0 saturated heterocycles. The first-order valence-electron chi connectivity index (χ1n) is 10.9. The summed E-state index contributed by atoms with van der Waals surface area (Å²) in [5.74, 6) is 1.09. The number of carbonyl (C=O) groups is 1. The lowest BCUT2D eigenvalue weighted by Crippen LogP contribution is -2.27. The first kappa shape index (κ1) is 26.0. The second-order valence-corrected chi connectivity index (χ2v) is 7.25. The van der Waals surface area contributed by atoms with Gasteiger partial charge in [0.25, 0.3) is 5.91 Å². The topological polar surface area (TPSA) is 148 Å². The van der Waals surface area contributed by atoms with Crippen molar-refractivity contribution in [1.29, 1.82) is 0 Å². The maximum Gasteiger partial charge on any atom is 0.251 e. The third kappa shape index (κ3) is 10.3. The molecule has 0 radical (unpaired) electrons. The average Bonchev–Trinajstić information content (AvgIpc) is 2.79. The molecule has 33 heavy (non-hydrogen) atoms. The molecule has 0 unspecified atom stereocenters. The molecule has 1 heterocycles. The second-order valence-electron chi connectivity index (χ2n) is 7.25. The highest BCUT2D eigenvalue weighted by molar-refractivity contribution is 5.94. The van der Waals surface area contributed by atoms with Crippen LogP contribution >= 0.6 is 0 Å². The molecule has 1 amide bonds. The third-order valence-electron chi connectivity index (χ3n) is 4.03. The molecule has 0 fully saturated rings. The fourth-order valence-electron chi connectivity index (χ4n) is 2.58. The number of ether oxygens (including phenoxy) is 2. The van der Waals surface area contributed by atoms with Crippen LogP contribution in [0.1, 0.15) is 24.2 Å². The van der Waals surface area contributed by atoms with Crippen molar-refractivity contribution in [3.63, 3.8) is 0 Å². The van der Waals surface area contributed by atoms with E-state index in [1.807, 2.05) is 13.8 Å². The van der Waals surface area contributed by atoms with Gasteiger partial charge < -0.3 is 36.5 Å². The van der Waals surface area contributed by atoms with Crippen LogP contribution in [0.3, 0.4) is 0 Å². The number of nitrogens with zero attached hydrogens (tertiary/aromatic N) is 3. The molecule has 0 aliphatic rings. The number of benzene rings is 1. The van der Waals surface area contributed by atoms with E-state index in [0.29, 0.717) is 69.5 Å². The van der Waals surface area contributed by atoms with Gasteiger partial charge in [0.2, 0.25) is 17.8 Å². The number of rotatable bonds is 16. The predicted octanol–water partition coefficient (Wildman–Crippen LogP) is 1.76. The molecule has 11 heteroatoms. The number of hydrogen-bond donors (Lipinski definition) is 5. The van der Waals surface area contributed by atoms with Crippen molar-refractivity contribution in [3.8, 4) is 0 Å². The van der Waals surface area contributed by atoms with Gasteiger partial charge in [-0.05, 0) is 38.1 Å². The Bertz CT molecular complexity index is 861. The van der Waals surface area contributed by atoms with Crippen LogP contribution in [0.4, 0.5) is 23.5 Å².